The Morgan fingerprint density at radius 3 is 1.19 bits per heavy atom. The molecule has 0 aromatic carbocycles. The fourth-order valence-electron chi connectivity index (χ4n) is 2.59. The lowest BCUT2D eigenvalue weighted by atomic mass is 10.1. The summed E-state index contributed by atoms with van der Waals surface area (Å²) in [6.07, 6.45) is 7.07. The molecule has 0 saturated carbocycles. The van der Waals surface area contributed by atoms with Crippen molar-refractivity contribution in [1.29, 1.82) is 0 Å². The normalized spacial score (nSPS) is 14.0. The minimum Gasteiger partial charge on any atom is -0.402 e. The van der Waals surface area contributed by atoms with E-state index in [4.69, 9.17) is 60.3 Å². The number of hydrogen-bond donors (Lipinski definition) is 12. The van der Waals surface area contributed by atoms with Crippen molar-refractivity contribution in [3.05, 3.63) is 11.4 Å². The maximum Gasteiger partial charge on any atom is 0.631 e. The van der Waals surface area contributed by atoms with Gasteiger partial charge in [0.05, 0.1) is 0 Å². The van der Waals surface area contributed by atoms with E-state index < -0.39 is 29.3 Å². The summed E-state index contributed by atoms with van der Waals surface area (Å²) in [5.41, 5.74) is 2.97. The molecule has 1 aliphatic heterocycles. The largest absolute Gasteiger partial charge is 0.631 e. The van der Waals surface area contributed by atoms with Crippen LogP contribution in [0.5, 0.6) is 0 Å². The molecule has 0 amide bonds. The maximum absolute atomic E-state index is 7.17. The number of unbranched alkanes of at least 4 members (excludes halogenated alkanes) is 2. The van der Waals surface area contributed by atoms with Crippen LogP contribution in [0.4, 0.5) is 0 Å². The van der Waals surface area contributed by atoms with Gasteiger partial charge in [-0.25, -0.2) is 0 Å². The van der Waals surface area contributed by atoms with Gasteiger partial charge in [-0.1, -0.05) is 26.7 Å². The van der Waals surface area contributed by atoms with E-state index in [-0.39, 0.29) is 0 Å². The Morgan fingerprint density at radius 2 is 0.968 bits per heavy atom. The summed E-state index contributed by atoms with van der Waals surface area (Å²) >= 11 is 0. The predicted molar refractivity (Wildman–Crippen MR) is 116 cm³/mol. The minimum atomic E-state index is -2.17. The van der Waals surface area contributed by atoms with Crippen LogP contribution in [0, 0.1) is 0 Å². The monoisotopic (exact) mass is 458 g/mol. The van der Waals surface area contributed by atoms with Crippen molar-refractivity contribution in [1.82, 2.24) is 9.80 Å². The van der Waals surface area contributed by atoms with E-state index in [9.17, 15) is 0 Å². The summed E-state index contributed by atoms with van der Waals surface area (Å²) in [5, 5.41) is 86.0. The van der Waals surface area contributed by atoms with E-state index in [1.165, 1.54) is 37.1 Å². The molecule has 0 radical (unpaired) electrons. The zero-order valence-electron chi connectivity index (χ0n) is 18.7. The van der Waals surface area contributed by atoms with Crippen molar-refractivity contribution in [2.24, 2.45) is 0 Å². The minimum absolute atomic E-state index is 0.603. The second kappa shape index (κ2) is 23.8. The van der Waals surface area contributed by atoms with Gasteiger partial charge in [-0.2, -0.15) is 0 Å². The highest BCUT2D eigenvalue weighted by Crippen LogP contribution is 2.30. The summed E-state index contributed by atoms with van der Waals surface area (Å²) in [6.45, 7) is 6.76. The molecule has 0 aromatic rings. The van der Waals surface area contributed by atoms with Gasteiger partial charge in [0.15, 0.2) is 0 Å². The van der Waals surface area contributed by atoms with Crippen LogP contribution >= 0.6 is 0 Å². The molecule has 0 aliphatic carbocycles. The Hall–Kier alpha value is -0.880. The van der Waals surface area contributed by atoms with Gasteiger partial charge in [0, 0.05) is 25.5 Å². The Morgan fingerprint density at radius 1 is 0.645 bits per heavy atom. The summed E-state index contributed by atoms with van der Waals surface area (Å²) in [6, 6.07) is 0. The van der Waals surface area contributed by atoms with Crippen LogP contribution in [-0.4, -0.2) is 120 Å². The molecule has 0 spiro atoms. The first-order valence-corrected chi connectivity index (χ1v) is 9.38. The third kappa shape index (κ3) is 31.4. The van der Waals surface area contributed by atoms with Crippen molar-refractivity contribution >= 4 is 29.3 Å². The van der Waals surface area contributed by atoms with Gasteiger partial charge in [0.25, 0.3) is 0 Å². The van der Waals surface area contributed by atoms with Crippen molar-refractivity contribution in [2.45, 2.75) is 59.0 Å². The Kier molecular flexibility index (Phi) is 28.7. The molecule has 14 nitrogen and oxygen atoms in total. The van der Waals surface area contributed by atoms with Crippen molar-refractivity contribution in [2.75, 3.05) is 14.1 Å². The fraction of sp³-hybridized carbons (Fsp3) is 0.846. The average Bonchev–Trinajstić information content (AvgIpc) is 2.76. The zero-order valence-corrected chi connectivity index (χ0v) is 18.7. The van der Waals surface area contributed by atoms with E-state index in [0.29, 0.717) is 6.17 Å². The van der Waals surface area contributed by atoms with Gasteiger partial charge in [0.1, 0.15) is 6.17 Å². The Labute approximate surface area is 184 Å². The van der Waals surface area contributed by atoms with Crippen LogP contribution in [0.3, 0.4) is 0 Å². The third-order valence-corrected chi connectivity index (χ3v) is 3.67. The first kappa shape index (κ1) is 37.4. The van der Waals surface area contributed by atoms with Crippen LogP contribution in [0.15, 0.2) is 11.4 Å². The highest BCUT2D eigenvalue weighted by atomic mass is 16.5. The van der Waals surface area contributed by atoms with E-state index in [1.54, 1.807) is 0 Å². The quantitative estimate of drug-likeness (QED) is 0.137. The van der Waals surface area contributed by atoms with Gasteiger partial charge in [-0.15, -0.1) is 0 Å². The molecule has 1 rings (SSSR count). The van der Waals surface area contributed by atoms with Crippen LogP contribution in [0.25, 0.3) is 0 Å². The molecule has 184 valence electrons. The van der Waals surface area contributed by atoms with Gasteiger partial charge in [-0.3, -0.25) is 0 Å². The van der Waals surface area contributed by atoms with E-state index in [2.05, 4.69) is 44.7 Å². The number of nitrogens with zero attached hydrogens (tertiary/aromatic N) is 2. The lowest BCUT2D eigenvalue weighted by molar-refractivity contribution is 0.171. The lowest BCUT2D eigenvalue weighted by Crippen LogP contribution is -2.35. The third-order valence-electron chi connectivity index (χ3n) is 3.67. The summed E-state index contributed by atoms with van der Waals surface area (Å²) in [4.78, 5) is 4.90. The second-order valence-electron chi connectivity index (χ2n) is 5.97. The highest BCUT2D eigenvalue weighted by Gasteiger charge is 2.29. The van der Waals surface area contributed by atoms with Crippen molar-refractivity contribution < 1.29 is 60.3 Å². The molecule has 1 atom stereocenters. The molecule has 31 heavy (non-hydrogen) atoms. The van der Waals surface area contributed by atoms with Crippen LogP contribution in [0.2, 0.25) is 0 Å². The smallest absolute Gasteiger partial charge is 0.402 e. The molecule has 0 bridgehead atoms. The Balaban J connectivity index is -0.000000187. The highest BCUT2D eigenvalue weighted by molar-refractivity contribution is 6.31. The molecular formula is C13H38B4N2O12. The standard InChI is InChI=1S/C13H26N2.4BH3O3/c1-6-8-9-10-13-14(4)11(3)12(7-2)15(13)5;4*2-1(3)4/h13H,6-10H2,1-5H3;4*2-4H. The molecular weight excluding hydrogens is 419 g/mol. The molecule has 1 aliphatic rings. The van der Waals surface area contributed by atoms with Crippen LogP contribution < -0.4 is 0 Å². The zero-order chi connectivity index (χ0) is 25.7. The van der Waals surface area contributed by atoms with Gasteiger partial charge < -0.3 is 70.1 Å². The van der Waals surface area contributed by atoms with Gasteiger partial charge in [-0.05, 0) is 26.2 Å². The molecule has 0 fully saturated rings. The van der Waals surface area contributed by atoms with Crippen LogP contribution in [0.1, 0.15) is 52.9 Å². The van der Waals surface area contributed by atoms with Gasteiger partial charge in [0.2, 0.25) is 0 Å². The van der Waals surface area contributed by atoms with E-state index in [0.717, 1.165) is 6.42 Å². The van der Waals surface area contributed by atoms with Crippen molar-refractivity contribution in [3.8, 4) is 0 Å². The number of rotatable bonds is 5. The van der Waals surface area contributed by atoms with E-state index >= 15 is 0 Å². The fourth-order valence-corrected chi connectivity index (χ4v) is 2.59. The second-order valence-corrected chi connectivity index (χ2v) is 5.97. The molecule has 1 unspecified atom stereocenters. The lowest BCUT2D eigenvalue weighted by Gasteiger charge is -2.29. The maximum atomic E-state index is 7.17. The Bertz CT molecular complexity index is 387. The number of hydrogen-bond acceptors (Lipinski definition) is 14. The molecule has 12 N–H and O–H groups in total. The first-order valence-electron chi connectivity index (χ1n) is 9.38. The molecule has 18 heteroatoms. The average molecular weight is 458 g/mol. The first-order chi connectivity index (χ1) is 14.1. The van der Waals surface area contributed by atoms with Crippen LogP contribution in [-0.2, 0) is 0 Å². The topological polar surface area (TPSA) is 249 Å². The SMILES string of the molecule is CCCCCC1N(C)C(C)=C(CC)N1C.OB(O)O.OB(O)O.OB(O)O.OB(O)O. The molecule has 0 saturated heterocycles. The predicted octanol–water partition coefficient (Wildman–Crippen LogP) is -4.80. The van der Waals surface area contributed by atoms with Gasteiger partial charge >= 0.3 is 29.3 Å². The molecule has 1 heterocycles. The summed E-state index contributed by atoms with van der Waals surface area (Å²) in [5.74, 6) is 0. The number of allylic oxidation sites excluding steroid dienone is 2. The summed E-state index contributed by atoms with van der Waals surface area (Å²) < 4.78 is 0. The summed E-state index contributed by atoms with van der Waals surface area (Å²) in [7, 11) is -4.20. The van der Waals surface area contributed by atoms with Crippen molar-refractivity contribution in [3.63, 3.8) is 0 Å². The molecule has 0 aromatic heterocycles. The van der Waals surface area contributed by atoms with E-state index in [1.807, 2.05) is 0 Å².